The third-order valence-corrected chi connectivity index (χ3v) is 4.82. The summed E-state index contributed by atoms with van der Waals surface area (Å²) in [6.07, 6.45) is 2.71. The zero-order chi connectivity index (χ0) is 15.2. The summed E-state index contributed by atoms with van der Waals surface area (Å²) in [5.41, 5.74) is 6.54. The molecule has 0 aliphatic carbocycles. The molecule has 114 valence electrons. The van der Waals surface area contributed by atoms with Crippen LogP contribution in [0.3, 0.4) is 0 Å². The van der Waals surface area contributed by atoms with Gasteiger partial charge in [-0.25, -0.2) is 0 Å². The molecule has 0 spiro atoms. The van der Waals surface area contributed by atoms with E-state index in [2.05, 4.69) is 10.5 Å². The lowest BCUT2D eigenvalue weighted by atomic mass is 9.98. The highest BCUT2D eigenvalue weighted by molar-refractivity contribution is 7.99. The molecule has 0 bridgehead atoms. The number of carbonyl (C=O) groups excluding carboxylic acids is 1. The molecule has 0 saturated carbocycles. The average Bonchev–Trinajstić information content (AvgIpc) is 2.49. The number of thioether (sulfide) groups is 1. The fourth-order valence-electron chi connectivity index (χ4n) is 2.25. The summed E-state index contributed by atoms with van der Waals surface area (Å²) >= 11 is 8.05. The van der Waals surface area contributed by atoms with Gasteiger partial charge in [-0.1, -0.05) is 16.8 Å². The van der Waals surface area contributed by atoms with E-state index in [0.29, 0.717) is 28.6 Å². The number of nitrogens with two attached hydrogens (primary N) is 1. The molecule has 4 N–H and O–H groups in total. The highest BCUT2D eigenvalue weighted by Crippen LogP contribution is 2.27. The van der Waals surface area contributed by atoms with Gasteiger partial charge in [-0.3, -0.25) is 4.79 Å². The van der Waals surface area contributed by atoms with E-state index in [9.17, 15) is 4.79 Å². The lowest BCUT2D eigenvalue weighted by molar-refractivity contribution is -0.117. The highest BCUT2D eigenvalue weighted by Gasteiger charge is 2.18. The number of benzene rings is 1. The molecule has 7 heteroatoms. The minimum Gasteiger partial charge on any atom is -0.409 e. The molecule has 0 aromatic heterocycles. The molecule has 0 atom stereocenters. The third kappa shape index (κ3) is 4.54. The number of amidine groups is 1. The van der Waals surface area contributed by atoms with Crippen molar-refractivity contribution in [2.45, 2.75) is 19.3 Å². The van der Waals surface area contributed by atoms with Crippen LogP contribution >= 0.6 is 23.4 Å². The van der Waals surface area contributed by atoms with Gasteiger partial charge in [0.2, 0.25) is 5.91 Å². The van der Waals surface area contributed by atoms with Crippen molar-refractivity contribution in [1.82, 2.24) is 0 Å². The standard InChI is InChI=1S/C14H18ClN3O2S/c15-11-8-10(14(16)18-20)1-2-12(11)17-13(19)7-9-3-5-21-6-4-9/h1-2,8-9,20H,3-7H2,(H2,16,18)(H,17,19). The second-order valence-electron chi connectivity index (χ2n) is 4.99. The van der Waals surface area contributed by atoms with Crippen molar-refractivity contribution in [3.8, 4) is 0 Å². The van der Waals surface area contributed by atoms with Gasteiger partial charge in [0, 0.05) is 12.0 Å². The Hall–Kier alpha value is -1.40. The van der Waals surface area contributed by atoms with Gasteiger partial charge in [0.25, 0.3) is 0 Å². The minimum absolute atomic E-state index is 0.0190. The van der Waals surface area contributed by atoms with Gasteiger partial charge >= 0.3 is 0 Å². The van der Waals surface area contributed by atoms with Gasteiger partial charge in [-0.05, 0) is 48.5 Å². The first-order valence-electron chi connectivity index (χ1n) is 6.75. The van der Waals surface area contributed by atoms with Crippen molar-refractivity contribution in [2.24, 2.45) is 16.8 Å². The fraction of sp³-hybridized carbons (Fsp3) is 0.429. The van der Waals surface area contributed by atoms with E-state index < -0.39 is 0 Å². The monoisotopic (exact) mass is 327 g/mol. The van der Waals surface area contributed by atoms with Gasteiger partial charge in [-0.15, -0.1) is 0 Å². The maximum absolute atomic E-state index is 12.0. The Bertz CT molecular complexity index is 545. The number of hydrogen-bond acceptors (Lipinski definition) is 4. The molecule has 1 aliphatic heterocycles. The normalized spacial score (nSPS) is 16.7. The van der Waals surface area contributed by atoms with Crippen LogP contribution in [0.15, 0.2) is 23.4 Å². The maximum atomic E-state index is 12.0. The van der Waals surface area contributed by atoms with E-state index in [-0.39, 0.29) is 11.7 Å². The van der Waals surface area contributed by atoms with Crippen molar-refractivity contribution in [3.63, 3.8) is 0 Å². The van der Waals surface area contributed by atoms with Gasteiger partial charge in [0.15, 0.2) is 5.84 Å². The number of nitrogens with zero attached hydrogens (tertiary/aromatic N) is 1. The number of hydrogen-bond donors (Lipinski definition) is 3. The molecular weight excluding hydrogens is 310 g/mol. The Morgan fingerprint density at radius 2 is 2.19 bits per heavy atom. The number of rotatable bonds is 4. The van der Waals surface area contributed by atoms with Crippen molar-refractivity contribution in [3.05, 3.63) is 28.8 Å². The van der Waals surface area contributed by atoms with E-state index in [4.69, 9.17) is 22.5 Å². The van der Waals surface area contributed by atoms with Crippen LogP contribution in [0.4, 0.5) is 5.69 Å². The second-order valence-corrected chi connectivity index (χ2v) is 6.62. The average molecular weight is 328 g/mol. The maximum Gasteiger partial charge on any atom is 0.224 e. The molecule has 1 fully saturated rings. The second kappa shape index (κ2) is 7.56. The molecule has 0 unspecified atom stereocenters. The predicted octanol–water partition coefficient (Wildman–Crippen LogP) is 2.91. The number of nitrogens with one attached hydrogen (secondary N) is 1. The first-order valence-corrected chi connectivity index (χ1v) is 8.28. The van der Waals surface area contributed by atoms with E-state index in [1.807, 2.05) is 11.8 Å². The Morgan fingerprint density at radius 3 is 2.81 bits per heavy atom. The molecule has 1 amide bonds. The van der Waals surface area contributed by atoms with Gasteiger partial charge < -0.3 is 16.3 Å². The largest absolute Gasteiger partial charge is 0.409 e. The zero-order valence-corrected chi connectivity index (χ0v) is 13.1. The Labute approximate surface area is 132 Å². The quantitative estimate of drug-likeness (QED) is 0.343. The summed E-state index contributed by atoms with van der Waals surface area (Å²) in [5.74, 6) is 2.68. The van der Waals surface area contributed by atoms with Crippen molar-refractivity contribution >= 4 is 40.8 Å². The molecule has 21 heavy (non-hydrogen) atoms. The van der Waals surface area contributed by atoms with Crippen molar-refractivity contribution < 1.29 is 10.0 Å². The van der Waals surface area contributed by atoms with Crippen LogP contribution in [-0.2, 0) is 4.79 Å². The number of anilines is 1. The third-order valence-electron chi connectivity index (χ3n) is 3.46. The van der Waals surface area contributed by atoms with Crippen molar-refractivity contribution in [2.75, 3.05) is 16.8 Å². The van der Waals surface area contributed by atoms with E-state index >= 15 is 0 Å². The minimum atomic E-state index is -0.0228. The van der Waals surface area contributed by atoms with Gasteiger partial charge in [-0.2, -0.15) is 11.8 Å². The SMILES string of the molecule is N/C(=N/O)c1ccc(NC(=O)CC2CCSCC2)c(Cl)c1. The Balaban J connectivity index is 1.97. The summed E-state index contributed by atoms with van der Waals surface area (Å²) in [7, 11) is 0. The molecule has 2 rings (SSSR count). The van der Waals surface area contributed by atoms with E-state index in [1.54, 1.807) is 18.2 Å². The first-order chi connectivity index (χ1) is 10.1. The van der Waals surface area contributed by atoms with E-state index in [1.165, 1.54) is 0 Å². The van der Waals surface area contributed by atoms with E-state index in [0.717, 1.165) is 24.3 Å². The summed E-state index contributed by atoms with van der Waals surface area (Å²) in [6, 6.07) is 4.86. The molecule has 1 aromatic carbocycles. The van der Waals surface area contributed by atoms with Crippen LogP contribution in [0.5, 0.6) is 0 Å². The van der Waals surface area contributed by atoms with Crippen LogP contribution in [-0.4, -0.2) is 28.5 Å². The molecule has 1 saturated heterocycles. The fourth-order valence-corrected chi connectivity index (χ4v) is 3.68. The first kappa shape index (κ1) is 16.0. The van der Waals surface area contributed by atoms with Crippen LogP contribution in [0.1, 0.15) is 24.8 Å². The Kier molecular flexibility index (Phi) is 5.76. The lowest BCUT2D eigenvalue weighted by Gasteiger charge is -2.20. The number of amides is 1. The van der Waals surface area contributed by atoms with Gasteiger partial charge in [0.1, 0.15) is 0 Å². The summed E-state index contributed by atoms with van der Waals surface area (Å²) in [4.78, 5) is 12.0. The number of halogens is 1. The van der Waals surface area contributed by atoms with Crippen LogP contribution in [0.25, 0.3) is 0 Å². The van der Waals surface area contributed by atoms with Crippen molar-refractivity contribution in [1.29, 1.82) is 0 Å². The summed E-state index contributed by atoms with van der Waals surface area (Å²) < 4.78 is 0. The zero-order valence-electron chi connectivity index (χ0n) is 11.5. The lowest BCUT2D eigenvalue weighted by Crippen LogP contribution is -2.20. The molecular formula is C14H18ClN3O2S. The summed E-state index contributed by atoms with van der Waals surface area (Å²) in [5, 5.41) is 14.7. The predicted molar refractivity (Wildman–Crippen MR) is 87.3 cm³/mol. The molecule has 5 nitrogen and oxygen atoms in total. The number of carbonyl (C=O) groups is 1. The topological polar surface area (TPSA) is 87.7 Å². The molecule has 1 aliphatic rings. The number of oxime groups is 1. The van der Waals surface area contributed by atoms with Crippen LogP contribution in [0.2, 0.25) is 5.02 Å². The summed E-state index contributed by atoms with van der Waals surface area (Å²) in [6.45, 7) is 0. The Morgan fingerprint density at radius 1 is 1.48 bits per heavy atom. The highest BCUT2D eigenvalue weighted by atomic mass is 35.5. The molecule has 1 aromatic rings. The van der Waals surface area contributed by atoms with Crippen LogP contribution in [0, 0.1) is 5.92 Å². The van der Waals surface area contributed by atoms with Crippen LogP contribution < -0.4 is 11.1 Å². The molecule has 0 radical (unpaired) electrons. The smallest absolute Gasteiger partial charge is 0.224 e. The molecule has 1 heterocycles. The van der Waals surface area contributed by atoms with Gasteiger partial charge in [0.05, 0.1) is 10.7 Å².